The fourth-order valence-electron chi connectivity index (χ4n) is 7.34. The Balaban J connectivity index is 0.000000243. The minimum atomic E-state index is -0.646. The first-order chi connectivity index (χ1) is 29.8. The lowest BCUT2D eigenvalue weighted by Gasteiger charge is -2.18. The number of nitrogens with zero attached hydrogens (tertiary/aromatic N) is 1. The molecule has 0 spiro atoms. The molecule has 2 aromatic heterocycles. The fourth-order valence-corrected chi connectivity index (χ4v) is 7.34. The van der Waals surface area contributed by atoms with Gasteiger partial charge in [-0.3, -0.25) is 28.8 Å². The molecule has 0 bridgehead atoms. The third-order valence-corrected chi connectivity index (χ3v) is 10.8. The van der Waals surface area contributed by atoms with Gasteiger partial charge >= 0.3 is 5.97 Å². The molecule has 0 unspecified atom stereocenters. The zero-order valence-electron chi connectivity index (χ0n) is 38.2. The van der Waals surface area contributed by atoms with Crippen LogP contribution in [-0.2, 0) is 19.2 Å². The highest BCUT2D eigenvalue weighted by molar-refractivity contribution is 6.36. The SMILES string of the molecule is CCCNC(=O)c1c(C)[nH]c(/C=C2\C(=O)Nc3ccc(NC(C)=O)cc32)c1C.CCN(CC)CCNC(=O)c1c(C)[nH]c(/C=C2\C(=O)Nc3ccc(OC(=O)C(C)(C)C)cc32)c1C. The number of aromatic amines is 2. The lowest BCUT2D eigenvalue weighted by atomic mass is 9.97. The number of fused-ring (bicyclic) bond motifs is 2. The number of aromatic nitrogens is 2. The first-order valence-electron chi connectivity index (χ1n) is 21.3. The summed E-state index contributed by atoms with van der Waals surface area (Å²) in [5.41, 5.74) is 9.21. The van der Waals surface area contributed by atoms with Crippen molar-refractivity contribution in [2.45, 2.75) is 82.6 Å². The van der Waals surface area contributed by atoms with E-state index in [-0.39, 0.29) is 35.5 Å². The summed E-state index contributed by atoms with van der Waals surface area (Å²) in [5.74, 6) is -0.898. The van der Waals surface area contributed by atoms with Crippen molar-refractivity contribution in [3.8, 4) is 5.75 Å². The molecular weight excluding hydrogens is 801 g/mol. The molecule has 4 heterocycles. The predicted molar refractivity (Wildman–Crippen MR) is 249 cm³/mol. The molecule has 63 heavy (non-hydrogen) atoms. The molecule has 7 N–H and O–H groups in total. The Labute approximate surface area is 368 Å². The van der Waals surface area contributed by atoms with Gasteiger partial charge in [0, 0.05) is 77.5 Å². The second-order valence-electron chi connectivity index (χ2n) is 16.7. The largest absolute Gasteiger partial charge is 0.426 e. The second-order valence-corrected chi connectivity index (χ2v) is 16.7. The Kier molecular flexibility index (Phi) is 15.0. The standard InChI is InChI=1S/C27H36N4O4.C21H24N4O3/c1-8-31(9-2)13-12-28-25(33)23-16(3)22(29-17(23)4)15-20-19-14-18(35-26(34)27(5,6)7)10-11-21(19)30-24(20)32;1-5-8-22-21(28)19-11(2)18(23-12(19)3)10-16-15-9-14(24-13(4)26)6-7-17(15)25-20(16)27/h10-11,14-15,29H,8-9,12-13H2,1-7H3,(H,28,33)(H,30,32);6-7,9-10,23H,5,8H2,1-4H3,(H,22,28)(H,24,26)(H,25,27)/b20-15-;16-10-. The molecule has 334 valence electrons. The van der Waals surface area contributed by atoms with E-state index in [0.29, 0.717) is 80.7 Å². The minimum Gasteiger partial charge on any atom is -0.426 e. The first-order valence-corrected chi connectivity index (χ1v) is 21.3. The van der Waals surface area contributed by atoms with E-state index < -0.39 is 5.41 Å². The van der Waals surface area contributed by atoms with Crippen LogP contribution in [0.15, 0.2) is 36.4 Å². The summed E-state index contributed by atoms with van der Waals surface area (Å²) in [5, 5.41) is 14.3. The molecule has 0 radical (unpaired) electrons. The van der Waals surface area contributed by atoms with Gasteiger partial charge in [-0.05, 0) is 128 Å². The second kappa shape index (κ2) is 20.0. The number of amides is 5. The Morgan fingerprint density at radius 3 is 1.68 bits per heavy atom. The van der Waals surface area contributed by atoms with Crippen molar-refractivity contribution in [3.05, 3.63) is 92.6 Å². The van der Waals surface area contributed by atoms with Crippen LogP contribution in [0.3, 0.4) is 0 Å². The monoisotopic (exact) mass is 860 g/mol. The van der Waals surface area contributed by atoms with Gasteiger partial charge in [-0.2, -0.15) is 0 Å². The van der Waals surface area contributed by atoms with Crippen molar-refractivity contribution in [2.75, 3.05) is 48.7 Å². The van der Waals surface area contributed by atoms with E-state index in [0.717, 1.165) is 48.6 Å². The molecule has 0 aliphatic carbocycles. The maximum Gasteiger partial charge on any atom is 0.316 e. The summed E-state index contributed by atoms with van der Waals surface area (Å²) < 4.78 is 5.52. The number of H-pyrrole nitrogens is 2. The van der Waals surface area contributed by atoms with Crippen LogP contribution >= 0.6 is 0 Å². The molecule has 4 aromatic rings. The molecule has 15 nitrogen and oxygen atoms in total. The molecule has 6 rings (SSSR count). The molecule has 0 atom stereocenters. The van der Waals surface area contributed by atoms with E-state index in [1.165, 1.54) is 6.92 Å². The van der Waals surface area contributed by atoms with Crippen LogP contribution < -0.4 is 31.3 Å². The third-order valence-electron chi connectivity index (χ3n) is 10.8. The van der Waals surface area contributed by atoms with Crippen LogP contribution in [-0.4, -0.2) is 83.1 Å². The van der Waals surface area contributed by atoms with Gasteiger partial charge in [0.1, 0.15) is 5.75 Å². The van der Waals surface area contributed by atoms with E-state index in [9.17, 15) is 28.8 Å². The van der Waals surface area contributed by atoms with Crippen LogP contribution in [0.1, 0.15) is 121 Å². The zero-order chi connectivity index (χ0) is 46.3. The molecule has 2 aliphatic heterocycles. The number of aryl methyl sites for hydroxylation is 2. The topological polar surface area (TPSA) is 207 Å². The molecule has 0 saturated heterocycles. The summed E-state index contributed by atoms with van der Waals surface area (Å²) in [6, 6.07) is 10.3. The van der Waals surface area contributed by atoms with Gasteiger partial charge < -0.3 is 46.2 Å². The Hall–Kier alpha value is -6.74. The first kappa shape index (κ1) is 47.3. The number of nitrogens with one attached hydrogen (secondary N) is 7. The third kappa shape index (κ3) is 11.0. The van der Waals surface area contributed by atoms with E-state index in [1.807, 2.05) is 34.6 Å². The van der Waals surface area contributed by atoms with Crippen molar-refractivity contribution in [1.29, 1.82) is 0 Å². The number of benzene rings is 2. The number of esters is 1. The smallest absolute Gasteiger partial charge is 0.316 e. The van der Waals surface area contributed by atoms with Crippen molar-refractivity contribution < 1.29 is 33.5 Å². The molecule has 15 heteroatoms. The average molecular weight is 861 g/mol. The highest BCUT2D eigenvalue weighted by atomic mass is 16.5. The van der Waals surface area contributed by atoms with E-state index in [1.54, 1.807) is 69.3 Å². The van der Waals surface area contributed by atoms with Crippen molar-refractivity contribution in [2.24, 2.45) is 5.41 Å². The number of ether oxygens (including phenoxy) is 1. The number of carbonyl (C=O) groups excluding carboxylic acids is 6. The van der Waals surface area contributed by atoms with Crippen LogP contribution in [0.5, 0.6) is 5.75 Å². The van der Waals surface area contributed by atoms with Gasteiger partial charge in [0.25, 0.3) is 23.6 Å². The number of likely N-dealkylation sites (N-methyl/N-ethyl adjacent to an activating group) is 1. The van der Waals surface area contributed by atoms with E-state index in [4.69, 9.17) is 4.74 Å². The lowest BCUT2D eigenvalue weighted by Crippen LogP contribution is -2.35. The number of anilines is 3. The van der Waals surface area contributed by atoms with Crippen LogP contribution in [0.2, 0.25) is 0 Å². The molecule has 5 amide bonds. The van der Waals surface area contributed by atoms with E-state index >= 15 is 0 Å². The number of hydrogen-bond acceptors (Lipinski definition) is 8. The van der Waals surface area contributed by atoms with E-state index in [2.05, 4.69) is 55.3 Å². The normalized spacial score (nSPS) is 14.2. The van der Waals surface area contributed by atoms with Gasteiger partial charge in [0.05, 0.1) is 27.7 Å². The minimum absolute atomic E-state index is 0.123. The number of rotatable bonds is 13. The number of hydrogen-bond donors (Lipinski definition) is 7. The molecule has 2 aromatic carbocycles. The highest BCUT2D eigenvalue weighted by Gasteiger charge is 2.29. The summed E-state index contributed by atoms with van der Waals surface area (Å²) in [6.07, 6.45) is 4.35. The summed E-state index contributed by atoms with van der Waals surface area (Å²) in [4.78, 5) is 82.9. The summed E-state index contributed by atoms with van der Waals surface area (Å²) >= 11 is 0. The van der Waals surface area contributed by atoms with Gasteiger partial charge in [0.15, 0.2) is 0 Å². The predicted octanol–water partition coefficient (Wildman–Crippen LogP) is 7.37. The van der Waals surface area contributed by atoms with Gasteiger partial charge in [0.2, 0.25) is 5.91 Å². The Bertz CT molecular complexity index is 2510. The van der Waals surface area contributed by atoms with Crippen molar-refractivity contribution in [3.63, 3.8) is 0 Å². The maximum absolute atomic E-state index is 12.9. The van der Waals surface area contributed by atoms with Gasteiger partial charge in [-0.15, -0.1) is 0 Å². The van der Waals surface area contributed by atoms with Crippen molar-refractivity contribution >= 4 is 75.9 Å². The quantitative estimate of drug-likeness (QED) is 0.0410. The summed E-state index contributed by atoms with van der Waals surface area (Å²) in [7, 11) is 0. The Morgan fingerprint density at radius 2 is 1.21 bits per heavy atom. The molecule has 2 aliphatic rings. The van der Waals surface area contributed by atoms with Gasteiger partial charge in [-0.25, -0.2) is 0 Å². The number of carbonyl (C=O) groups is 6. The fraction of sp³-hybridized carbons (Fsp3) is 0.375. The zero-order valence-corrected chi connectivity index (χ0v) is 38.2. The van der Waals surface area contributed by atoms with Gasteiger partial charge in [-0.1, -0.05) is 20.8 Å². The summed E-state index contributed by atoms with van der Waals surface area (Å²) in [6.45, 7) is 24.2. The maximum atomic E-state index is 12.9. The Morgan fingerprint density at radius 1 is 0.714 bits per heavy atom. The molecule has 0 saturated carbocycles. The lowest BCUT2D eigenvalue weighted by molar-refractivity contribution is -0.143. The molecular formula is C48H60N8O7. The van der Waals surface area contributed by atoms with Crippen LogP contribution in [0, 0.1) is 33.1 Å². The highest BCUT2D eigenvalue weighted by Crippen LogP contribution is 2.38. The average Bonchev–Trinajstić information content (AvgIpc) is 3.89. The molecule has 0 fully saturated rings. The van der Waals surface area contributed by atoms with Crippen LogP contribution in [0.4, 0.5) is 17.1 Å². The van der Waals surface area contributed by atoms with Crippen molar-refractivity contribution in [1.82, 2.24) is 25.5 Å². The van der Waals surface area contributed by atoms with Crippen LogP contribution in [0.25, 0.3) is 23.3 Å².